The van der Waals surface area contributed by atoms with E-state index in [4.69, 9.17) is 23.5 Å². The summed E-state index contributed by atoms with van der Waals surface area (Å²) in [6.07, 6.45) is -0.807. The molecule has 1 spiro atoms. The lowest BCUT2D eigenvalue weighted by atomic mass is 9.45. The molecule has 8 unspecified atom stereocenters. The molecule has 0 radical (unpaired) electrons. The summed E-state index contributed by atoms with van der Waals surface area (Å²) in [5.41, 5.74) is -1.15. The number of esters is 2. The first kappa shape index (κ1) is 24.2. The Morgan fingerprint density at radius 1 is 1.22 bits per heavy atom. The number of carbonyl (C=O) groups is 3. The van der Waals surface area contributed by atoms with Crippen LogP contribution in [0.4, 0.5) is 4.39 Å². The number of Topliss-reactive ketones (excluding diaryl/α,β-unsaturated/α-hetero) is 1. The van der Waals surface area contributed by atoms with E-state index in [2.05, 4.69) is 10.1 Å². The molecule has 2 saturated heterocycles. The molecule has 3 heterocycles. The van der Waals surface area contributed by atoms with Gasteiger partial charge >= 0.3 is 11.9 Å². The highest BCUT2D eigenvalue weighted by molar-refractivity contribution is 5.91. The van der Waals surface area contributed by atoms with Gasteiger partial charge in [-0.1, -0.05) is 12.1 Å². The molecule has 37 heavy (non-hydrogen) atoms. The molecule has 0 amide bonds. The summed E-state index contributed by atoms with van der Waals surface area (Å²) in [5, 5.41) is 3.98. The lowest BCUT2D eigenvalue weighted by molar-refractivity contribution is -0.392. The van der Waals surface area contributed by atoms with Crippen molar-refractivity contribution >= 4 is 17.7 Å². The zero-order valence-corrected chi connectivity index (χ0v) is 20.6. The molecule has 1 aromatic carbocycles. The van der Waals surface area contributed by atoms with Crippen LogP contribution in [-0.2, 0) is 33.3 Å². The zero-order chi connectivity index (χ0) is 26.1. The number of benzene rings is 1. The van der Waals surface area contributed by atoms with Crippen LogP contribution in [-0.4, -0.2) is 53.0 Å². The molecule has 2 aromatic rings. The summed E-state index contributed by atoms with van der Waals surface area (Å²) < 4.78 is 41.7. The van der Waals surface area contributed by atoms with Gasteiger partial charge in [0.05, 0.1) is 17.4 Å². The molecule has 8 atom stereocenters. The number of cyclic esters (lactones) is 1. The lowest BCUT2D eigenvalue weighted by Gasteiger charge is -2.67. The number of hydrogen-bond acceptors (Lipinski definition) is 10. The first-order valence-corrected chi connectivity index (χ1v) is 12.4. The molecule has 11 heteroatoms. The maximum absolute atomic E-state index is 13.9. The van der Waals surface area contributed by atoms with E-state index in [9.17, 15) is 18.8 Å². The van der Waals surface area contributed by atoms with Gasteiger partial charge in [0.2, 0.25) is 5.82 Å². The summed E-state index contributed by atoms with van der Waals surface area (Å²) in [5.74, 6) is -2.75. The van der Waals surface area contributed by atoms with E-state index in [1.165, 1.54) is 31.2 Å². The van der Waals surface area contributed by atoms with E-state index >= 15 is 0 Å². The fraction of sp³-hybridized carbons (Fsp3) is 0.577. The molecule has 2 aliphatic carbocycles. The third-order valence-corrected chi connectivity index (χ3v) is 8.66. The summed E-state index contributed by atoms with van der Waals surface area (Å²) in [6.45, 7) is 3.16. The molecule has 2 aliphatic heterocycles. The van der Waals surface area contributed by atoms with Gasteiger partial charge in [-0.25, -0.2) is 4.39 Å². The van der Waals surface area contributed by atoms with Crippen LogP contribution in [0.15, 0.2) is 28.8 Å². The fourth-order valence-corrected chi connectivity index (χ4v) is 7.13. The Morgan fingerprint density at radius 3 is 2.68 bits per heavy atom. The number of fused-ring (bicyclic) bond motifs is 2. The number of ether oxygens (including phenoxy) is 4. The summed E-state index contributed by atoms with van der Waals surface area (Å²) in [6, 6.07) is 5.62. The predicted molar refractivity (Wildman–Crippen MR) is 121 cm³/mol. The zero-order valence-electron chi connectivity index (χ0n) is 20.6. The molecule has 0 bridgehead atoms. The second-order valence-corrected chi connectivity index (χ2v) is 10.6. The average molecular weight is 515 g/mol. The van der Waals surface area contributed by atoms with Crippen LogP contribution in [0, 0.1) is 29.0 Å². The van der Waals surface area contributed by atoms with Crippen molar-refractivity contribution < 1.29 is 42.2 Å². The second-order valence-electron chi connectivity index (χ2n) is 10.6. The standard InChI is InChI=1S/C26H27FN2O8/c1-12(30)34-17-10-16-24(33-3)36-26(16)9-8-15-23(32)35-18(11-25(15,2)20(26)19(17)31)22-28-21(29-37-22)13-4-6-14(27)7-5-13/h4-7,15-18,20,24H,8-11H2,1-3H3. The van der Waals surface area contributed by atoms with Crippen molar-refractivity contribution in [2.24, 2.45) is 23.2 Å². The van der Waals surface area contributed by atoms with Crippen molar-refractivity contribution in [3.8, 4) is 11.4 Å². The predicted octanol–water partition coefficient (Wildman–Crippen LogP) is 3.16. The van der Waals surface area contributed by atoms with Gasteiger partial charge in [0.25, 0.3) is 5.89 Å². The largest absolute Gasteiger partial charge is 0.455 e. The Bertz CT molecular complexity index is 1260. The monoisotopic (exact) mass is 514 g/mol. The first-order chi connectivity index (χ1) is 17.7. The van der Waals surface area contributed by atoms with E-state index in [0.717, 1.165) is 0 Å². The normalized spacial score (nSPS) is 38.5. The summed E-state index contributed by atoms with van der Waals surface area (Å²) in [4.78, 5) is 43.4. The van der Waals surface area contributed by atoms with Gasteiger partial charge in [-0.3, -0.25) is 14.4 Å². The van der Waals surface area contributed by atoms with Gasteiger partial charge < -0.3 is 23.5 Å². The first-order valence-electron chi connectivity index (χ1n) is 12.4. The summed E-state index contributed by atoms with van der Waals surface area (Å²) >= 11 is 0. The molecule has 6 rings (SSSR count). The maximum Gasteiger partial charge on any atom is 0.310 e. The third kappa shape index (κ3) is 3.54. The van der Waals surface area contributed by atoms with Crippen molar-refractivity contribution in [1.29, 1.82) is 0 Å². The van der Waals surface area contributed by atoms with Crippen LogP contribution in [0.25, 0.3) is 11.4 Å². The van der Waals surface area contributed by atoms with Crippen LogP contribution < -0.4 is 0 Å². The number of rotatable bonds is 4. The molecule has 4 aliphatic rings. The molecule has 2 saturated carbocycles. The van der Waals surface area contributed by atoms with Gasteiger partial charge in [-0.05, 0) is 42.5 Å². The second kappa shape index (κ2) is 8.42. The van der Waals surface area contributed by atoms with Crippen molar-refractivity contribution in [2.75, 3.05) is 7.11 Å². The van der Waals surface area contributed by atoms with Crippen molar-refractivity contribution in [2.45, 2.75) is 63.6 Å². The van der Waals surface area contributed by atoms with E-state index in [1.54, 1.807) is 7.11 Å². The van der Waals surface area contributed by atoms with Gasteiger partial charge in [-0.15, -0.1) is 0 Å². The van der Waals surface area contributed by atoms with Crippen LogP contribution in [0.1, 0.15) is 51.5 Å². The lowest BCUT2D eigenvalue weighted by Crippen LogP contribution is -2.76. The van der Waals surface area contributed by atoms with Crippen LogP contribution in [0.2, 0.25) is 0 Å². The number of nitrogens with zero attached hydrogens (tertiary/aromatic N) is 2. The minimum atomic E-state index is -0.942. The van der Waals surface area contributed by atoms with E-state index in [0.29, 0.717) is 24.8 Å². The Balaban J connectivity index is 1.35. The van der Waals surface area contributed by atoms with E-state index in [1.807, 2.05) is 6.92 Å². The van der Waals surface area contributed by atoms with Gasteiger partial charge in [0, 0.05) is 38.4 Å². The number of aromatic nitrogens is 2. The number of hydrogen-bond donors (Lipinski definition) is 0. The van der Waals surface area contributed by atoms with Crippen molar-refractivity contribution in [3.63, 3.8) is 0 Å². The van der Waals surface area contributed by atoms with Gasteiger partial charge in [0.1, 0.15) is 5.82 Å². The van der Waals surface area contributed by atoms with E-state index < -0.39 is 59.1 Å². The van der Waals surface area contributed by atoms with Crippen molar-refractivity contribution in [1.82, 2.24) is 10.1 Å². The highest BCUT2D eigenvalue weighted by Gasteiger charge is 2.74. The molecular weight excluding hydrogens is 487 g/mol. The van der Waals surface area contributed by atoms with Gasteiger partial charge in [-0.2, -0.15) is 4.98 Å². The molecule has 196 valence electrons. The smallest absolute Gasteiger partial charge is 0.310 e. The highest BCUT2D eigenvalue weighted by Crippen LogP contribution is 2.66. The number of ketones is 1. The Hall–Kier alpha value is -3.18. The molecule has 0 N–H and O–H groups in total. The van der Waals surface area contributed by atoms with Crippen LogP contribution >= 0.6 is 0 Å². The Labute approximate surface area is 211 Å². The van der Waals surface area contributed by atoms with Gasteiger partial charge in [0.15, 0.2) is 24.3 Å². The number of carbonyl (C=O) groups excluding carboxylic acids is 3. The molecule has 10 nitrogen and oxygen atoms in total. The minimum Gasteiger partial charge on any atom is -0.455 e. The van der Waals surface area contributed by atoms with Crippen LogP contribution in [0.5, 0.6) is 0 Å². The summed E-state index contributed by atoms with van der Waals surface area (Å²) in [7, 11) is 1.54. The fourth-order valence-electron chi connectivity index (χ4n) is 7.13. The SMILES string of the molecule is COC1OC23CCC4C(=O)OC(c5nc(-c6ccc(F)cc6)no5)CC4(C)C2C(=O)C(OC(C)=O)CC13. The number of methoxy groups -OCH3 is 1. The molecule has 4 fully saturated rings. The van der Waals surface area contributed by atoms with Crippen LogP contribution in [0.3, 0.4) is 0 Å². The molecular formula is C26H27FN2O8. The quantitative estimate of drug-likeness (QED) is 0.562. The third-order valence-electron chi connectivity index (χ3n) is 8.66. The van der Waals surface area contributed by atoms with E-state index in [-0.39, 0.29) is 29.8 Å². The Kier molecular flexibility index (Phi) is 5.50. The van der Waals surface area contributed by atoms with Crippen molar-refractivity contribution in [3.05, 3.63) is 36.0 Å². The minimum absolute atomic E-state index is 0.0904. The highest BCUT2D eigenvalue weighted by atomic mass is 19.1. The molecule has 1 aromatic heterocycles. The topological polar surface area (TPSA) is 127 Å². The maximum atomic E-state index is 13.9. The average Bonchev–Trinajstić information content (AvgIpc) is 3.33. The Morgan fingerprint density at radius 2 is 1.97 bits per heavy atom. The number of halogens is 1.